The van der Waals surface area contributed by atoms with Gasteiger partial charge < -0.3 is 15.4 Å². The lowest BCUT2D eigenvalue weighted by molar-refractivity contribution is 0.314. The summed E-state index contributed by atoms with van der Waals surface area (Å²) in [6.45, 7) is 3.49. The molecule has 0 aromatic heterocycles. The maximum absolute atomic E-state index is 5.47. The molecule has 1 aliphatic rings. The molecule has 2 rings (SSSR count). The van der Waals surface area contributed by atoms with Gasteiger partial charge in [-0.2, -0.15) is 0 Å². The fraction of sp³-hybridized carbons (Fsp3) is 0.417. The second-order valence-electron chi connectivity index (χ2n) is 4.15. The lowest BCUT2D eigenvalue weighted by Gasteiger charge is -2.21. The standard InChI is InChI=1S/C12H17N3O/c1-9-3-5-11(6-4-9)15(2)7-10-8-16-12(13)14-10/h3-6,10H,7-8H2,1-2H3,(H2,13,14)/t10-/m1/s1. The van der Waals surface area contributed by atoms with E-state index in [-0.39, 0.29) is 6.04 Å². The van der Waals surface area contributed by atoms with Crippen LogP contribution in [0.4, 0.5) is 5.69 Å². The number of aliphatic imine (C=N–C) groups is 1. The molecule has 1 aliphatic heterocycles. The number of ether oxygens (including phenoxy) is 1. The Kier molecular flexibility index (Phi) is 2.99. The largest absolute Gasteiger partial charge is 0.463 e. The summed E-state index contributed by atoms with van der Waals surface area (Å²) in [7, 11) is 2.05. The van der Waals surface area contributed by atoms with Crippen LogP contribution in [0.1, 0.15) is 5.56 Å². The molecule has 4 heteroatoms. The third-order valence-electron chi connectivity index (χ3n) is 2.69. The molecule has 0 bridgehead atoms. The molecule has 4 nitrogen and oxygen atoms in total. The van der Waals surface area contributed by atoms with Crippen LogP contribution in [0.2, 0.25) is 0 Å². The summed E-state index contributed by atoms with van der Waals surface area (Å²) in [5, 5.41) is 0. The van der Waals surface area contributed by atoms with E-state index in [1.54, 1.807) is 0 Å². The summed E-state index contributed by atoms with van der Waals surface area (Å²) in [6, 6.07) is 8.88. The average Bonchev–Trinajstić information content (AvgIpc) is 2.65. The van der Waals surface area contributed by atoms with Gasteiger partial charge in [-0.05, 0) is 19.1 Å². The number of nitrogens with zero attached hydrogens (tertiary/aromatic N) is 2. The van der Waals surface area contributed by atoms with Crippen molar-refractivity contribution in [2.45, 2.75) is 13.0 Å². The summed E-state index contributed by atoms with van der Waals surface area (Å²) in [6.07, 6.45) is 0. The van der Waals surface area contributed by atoms with E-state index >= 15 is 0 Å². The van der Waals surface area contributed by atoms with E-state index in [1.165, 1.54) is 11.3 Å². The molecule has 1 atom stereocenters. The number of hydrogen-bond donors (Lipinski definition) is 1. The van der Waals surface area contributed by atoms with Crippen molar-refractivity contribution in [3.05, 3.63) is 29.8 Å². The van der Waals surface area contributed by atoms with Crippen LogP contribution in [-0.4, -0.2) is 32.3 Å². The smallest absolute Gasteiger partial charge is 0.282 e. The third-order valence-corrected chi connectivity index (χ3v) is 2.69. The van der Waals surface area contributed by atoms with Crippen molar-refractivity contribution in [1.82, 2.24) is 0 Å². The number of hydrogen-bond acceptors (Lipinski definition) is 4. The molecule has 16 heavy (non-hydrogen) atoms. The normalized spacial score (nSPS) is 19.1. The number of rotatable bonds is 3. The van der Waals surface area contributed by atoms with Crippen molar-refractivity contribution in [2.24, 2.45) is 10.7 Å². The number of amidine groups is 1. The van der Waals surface area contributed by atoms with Crippen molar-refractivity contribution >= 4 is 11.7 Å². The summed E-state index contributed by atoms with van der Waals surface area (Å²) in [5.41, 5.74) is 7.92. The molecule has 0 radical (unpaired) electrons. The van der Waals surface area contributed by atoms with Crippen molar-refractivity contribution in [1.29, 1.82) is 0 Å². The highest BCUT2D eigenvalue weighted by molar-refractivity contribution is 5.73. The average molecular weight is 219 g/mol. The number of benzene rings is 1. The molecule has 1 heterocycles. The van der Waals surface area contributed by atoms with Gasteiger partial charge in [-0.15, -0.1) is 0 Å². The Hall–Kier alpha value is -1.71. The van der Waals surface area contributed by atoms with Crippen LogP contribution >= 0.6 is 0 Å². The van der Waals surface area contributed by atoms with Gasteiger partial charge in [0.2, 0.25) is 0 Å². The molecule has 0 fully saturated rings. The van der Waals surface area contributed by atoms with Crippen LogP contribution in [-0.2, 0) is 4.74 Å². The van der Waals surface area contributed by atoms with Crippen molar-refractivity contribution in [2.75, 3.05) is 25.1 Å². The molecule has 86 valence electrons. The van der Waals surface area contributed by atoms with E-state index in [0.717, 1.165) is 6.54 Å². The van der Waals surface area contributed by atoms with Crippen molar-refractivity contribution < 1.29 is 4.74 Å². The number of likely N-dealkylation sites (N-methyl/N-ethyl adjacent to an activating group) is 1. The second kappa shape index (κ2) is 4.43. The predicted molar refractivity (Wildman–Crippen MR) is 65.8 cm³/mol. The minimum atomic E-state index is 0.145. The van der Waals surface area contributed by atoms with Crippen molar-refractivity contribution in [3.63, 3.8) is 0 Å². The molecule has 0 saturated carbocycles. The van der Waals surface area contributed by atoms with E-state index in [9.17, 15) is 0 Å². The summed E-state index contributed by atoms with van der Waals surface area (Å²) in [5.74, 6) is 0. The monoisotopic (exact) mass is 219 g/mol. The maximum atomic E-state index is 5.47. The summed E-state index contributed by atoms with van der Waals surface area (Å²) < 4.78 is 5.12. The highest BCUT2D eigenvalue weighted by Crippen LogP contribution is 2.15. The highest BCUT2D eigenvalue weighted by Gasteiger charge is 2.18. The highest BCUT2D eigenvalue weighted by atomic mass is 16.5. The Labute approximate surface area is 95.7 Å². The van der Waals surface area contributed by atoms with Gasteiger partial charge in [0, 0.05) is 19.3 Å². The van der Waals surface area contributed by atoms with Gasteiger partial charge in [0.1, 0.15) is 12.6 Å². The first-order valence-electron chi connectivity index (χ1n) is 5.39. The van der Waals surface area contributed by atoms with Crippen molar-refractivity contribution in [3.8, 4) is 0 Å². The van der Waals surface area contributed by atoms with Crippen LogP contribution in [0.15, 0.2) is 29.3 Å². The van der Waals surface area contributed by atoms with Crippen LogP contribution in [0.25, 0.3) is 0 Å². The van der Waals surface area contributed by atoms with Gasteiger partial charge in [0.25, 0.3) is 6.02 Å². The topological polar surface area (TPSA) is 50.9 Å². The first-order valence-corrected chi connectivity index (χ1v) is 5.39. The van der Waals surface area contributed by atoms with E-state index < -0.39 is 0 Å². The van der Waals surface area contributed by atoms with Gasteiger partial charge in [-0.1, -0.05) is 17.7 Å². The van der Waals surface area contributed by atoms with Gasteiger partial charge in [-0.3, -0.25) is 0 Å². The molecule has 0 saturated heterocycles. The Balaban J connectivity index is 1.97. The zero-order chi connectivity index (χ0) is 11.5. The van der Waals surface area contributed by atoms with Crippen LogP contribution < -0.4 is 10.6 Å². The molecule has 1 aromatic rings. The maximum Gasteiger partial charge on any atom is 0.282 e. The zero-order valence-corrected chi connectivity index (χ0v) is 9.68. The van der Waals surface area contributed by atoms with Gasteiger partial charge in [0.15, 0.2) is 0 Å². The summed E-state index contributed by atoms with van der Waals surface area (Å²) in [4.78, 5) is 6.36. The fourth-order valence-corrected chi connectivity index (χ4v) is 1.75. The molecule has 2 N–H and O–H groups in total. The quantitative estimate of drug-likeness (QED) is 0.829. The molecule has 1 aromatic carbocycles. The van der Waals surface area contributed by atoms with E-state index in [4.69, 9.17) is 10.5 Å². The lowest BCUT2D eigenvalue weighted by Crippen LogP contribution is -2.28. The minimum Gasteiger partial charge on any atom is -0.463 e. The van der Waals surface area contributed by atoms with Gasteiger partial charge >= 0.3 is 0 Å². The Morgan fingerprint density at radius 3 is 2.69 bits per heavy atom. The minimum absolute atomic E-state index is 0.145. The zero-order valence-electron chi connectivity index (χ0n) is 9.68. The molecule has 0 unspecified atom stereocenters. The summed E-state index contributed by atoms with van der Waals surface area (Å²) >= 11 is 0. The number of aryl methyl sites for hydroxylation is 1. The predicted octanol–water partition coefficient (Wildman–Crippen LogP) is 1.14. The third kappa shape index (κ3) is 2.45. The fourth-order valence-electron chi connectivity index (χ4n) is 1.75. The van der Waals surface area contributed by atoms with E-state index in [1.807, 2.05) is 0 Å². The SMILES string of the molecule is Cc1ccc(N(C)C[C@@H]2COC(N)=N2)cc1. The number of anilines is 1. The van der Waals surface area contributed by atoms with Gasteiger partial charge in [-0.25, -0.2) is 4.99 Å². The Morgan fingerprint density at radius 1 is 1.44 bits per heavy atom. The lowest BCUT2D eigenvalue weighted by atomic mass is 10.2. The van der Waals surface area contributed by atoms with Gasteiger partial charge in [0.05, 0.1) is 0 Å². The molecule has 0 spiro atoms. The Morgan fingerprint density at radius 2 is 2.12 bits per heavy atom. The molecular formula is C12H17N3O. The first-order chi connectivity index (χ1) is 7.65. The first kappa shape index (κ1) is 10.8. The molecule has 0 aliphatic carbocycles. The van der Waals surface area contributed by atoms with Crippen LogP contribution in [0.3, 0.4) is 0 Å². The second-order valence-corrected chi connectivity index (χ2v) is 4.15. The van der Waals surface area contributed by atoms with E-state index in [0.29, 0.717) is 12.6 Å². The Bertz CT molecular complexity index is 386. The molecule has 0 amide bonds. The van der Waals surface area contributed by atoms with Crippen LogP contribution in [0.5, 0.6) is 0 Å². The van der Waals surface area contributed by atoms with E-state index in [2.05, 4.69) is 48.1 Å². The number of nitrogens with two attached hydrogens (primary N) is 1. The van der Waals surface area contributed by atoms with Crippen LogP contribution in [0, 0.1) is 6.92 Å². The molecular weight excluding hydrogens is 202 g/mol.